The van der Waals surface area contributed by atoms with E-state index in [1.807, 2.05) is 11.9 Å². The highest BCUT2D eigenvalue weighted by atomic mass is 19.1. The first-order chi connectivity index (χ1) is 7.58. The second kappa shape index (κ2) is 6.23. The Kier molecular flexibility index (Phi) is 4.92. The summed E-state index contributed by atoms with van der Waals surface area (Å²) in [6.45, 7) is 1.31. The minimum atomic E-state index is -0.784. The van der Waals surface area contributed by atoms with E-state index in [0.29, 0.717) is 6.54 Å². The highest BCUT2D eigenvalue weighted by Crippen LogP contribution is 2.04. The summed E-state index contributed by atoms with van der Waals surface area (Å²) < 4.78 is 12.6. The zero-order valence-corrected chi connectivity index (χ0v) is 9.32. The molecule has 0 saturated heterocycles. The Balaban J connectivity index is 2.28. The van der Waals surface area contributed by atoms with Crippen LogP contribution in [-0.2, 0) is 11.2 Å². The monoisotopic (exact) mass is 225 g/mol. The smallest absolute Gasteiger partial charge is 0.304 e. The molecule has 0 aliphatic carbocycles. The zero-order chi connectivity index (χ0) is 12.0. The van der Waals surface area contributed by atoms with Crippen molar-refractivity contribution in [3.63, 3.8) is 0 Å². The maximum Gasteiger partial charge on any atom is 0.304 e. The molecule has 0 bridgehead atoms. The van der Waals surface area contributed by atoms with Gasteiger partial charge in [0.15, 0.2) is 0 Å². The summed E-state index contributed by atoms with van der Waals surface area (Å²) in [5, 5.41) is 8.51. The normalized spacial score (nSPS) is 10.7. The molecule has 0 fully saturated rings. The van der Waals surface area contributed by atoms with Gasteiger partial charge in [0.25, 0.3) is 0 Å². The predicted molar refractivity (Wildman–Crippen MR) is 59.9 cm³/mol. The van der Waals surface area contributed by atoms with Gasteiger partial charge >= 0.3 is 5.97 Å². The van der Waals surface area contributed by atoms with E-state index in [9.17, 15) is 9.18 Å². The van der Waals surface area contributed by atoms with E-state index >= 15 is 0 Å². The Labute approximate surface area is 94.5 Å². The number of carboxylic acids is 1. The number of hydrogen-bond donors (Lipinski definition) is 1. The standard InChI is InChI=1S/C12H16FNO2/c1-14(9-7-12(15)16)8-6-10-2-4-11(13)5-3-10/h2-5H,6-9H2,1H3,(H,15,16). The highest BCUT2D eigenvalue weighted by Gasteiger charge is 2.02. The van der Waals surface area contributed by atoms with E-state index < -0.39 is 5.97 Å². The maximum atomic E-state index is 12.6. The molecule has 3 nitrogen and oxygen atoms in total. The summed E-state index contributed by atoms with van der Waals surface area (Å²) in [6, 6.07) is 6.37. The van der Waals surface area contributed by atoms with Gasteiger partial charge in [0, 0.05) is 13.1 Å². The molecule has 0 saturated carbocycles. The third-order valence-electron chi connectivity index (χ3n) is 2.40. The molecule has 1 aromatic carbocycles. The van der Waals surface area contributed by atoms with Gasteiger partial charge < -0.3 is 10.0 Å². The van der Waals surface area contributed by atoms with Gasteiger partial charge in [0.1, 0.15) is 5.82 Å². The molecular formula is C12H16FNO2. The second-order valence-electron chi connectivity index (χ2n) is 3.82. The van der Waals surface area contributed by atoms with Gasteiger partial charge in [-0.25, -0.2) is 4.39 Å². The van der Waals surface area contributed by atoms with Crippen molar-refractivity contribution in [2.24, 2.45) is 0 Å². The van der Waals surface area contributed by atoms with Crippen molar-refractivity contribution in [3.8, 4) is 0 Å². The molecule has 1 aromatic rings. The topological polar surface area (TPSA) is 40.5 Å². The van der Waals surface area contributed by atoms with E-state index in [4.69, 9.17) is 5.11 Å². The third-order valence-corrected chi connectivity index (χ3v) is 2.40. The SMILES string of the molecule is CN(CCC(=O)O)CCc1ccc(F)cc1. The van der Waals surface area contributed by atoms with E-state index in [-0.39, 0.29) is 12.2 Å². The lowest BCUT2D eigenvalue weighted by Gasteiger charge is -2.14. The number of hydrogen-bond acceptors (Lipinski definition) is 2. The number of carbonyl (C=O) groups is 1. The summed E-state index contributed by atoms with van der Waals surface area (Å²) in [7, 11) is 1.88. The molecule has 4 heteroatoms. The largest absolute Gasteiger partial charge is 0.481 e. The molecule has 0 aliphatic rings. The van der Waals surface area contributed by atoms with Crippen LogP contribution in [-0.4, -0.2) is 36.1 Å². The molecule has 16 heavy (non-hydrogen) atoms. The van der Waals surface area contributed by atoms with Crippen molar-refractivity contribution in [2.75, 3.05) is 20.1 Å². The molecule has 88 valence electrons. The number of halogens is 1. The summed E-state index contributed by atoms with van der Waals surface area (Å²) in [5.41, 5.74) is 1.06. The summed E-state index contributed by atoms with van der Waals surface area (Å²) >= 11 is 0. The molecule has 1 rings (SSSR count). The molecule has 0 aromatic heterocycles. The van der Waals surface area contributed by atoms with Crippen molar-refractivity contribution >= 4 is 5.97 Å². The Hall–Kier alpha value is -1.42. The average Bonchev–Trinajstić information content (AvgIpc) is 2.25. The van der Waals surface area contributed by atoms with Gasteiger partial charge in [-0.3, -0.25) is 4.79 Å². The van der Waals surface area contributed by atoms with Crippen LogP contribution in [0.1, 0.15) is 12.0 Å². The Morgan fingerprint density at radius 2 is 1.94 bits per heavy atom. The highest BCUT2D eigenvalue weighted by molar-refractivity contribution is 5.66. The van der Waals surface area contributed by atoms with Gasteiger partial charge in [-0.15, -0.1) is 0 Å². The molecule has 1 N–H and O–H groups in total. The maximum absolute atomic E-state index is 12.6. The summed E-state index contributed by atoms with van der Waals surface area (Å²) in [5.74, 6) is -1.02. The van der Waals surface area contributed by atoms with Crippen LogP contribution in [0.5, 0.6) is 0 Å². The fraction of sp³-hybridized carbons (Fsp3) is 0.417. The molecule has 0 spiro atoms. The minimum Gasteiger partial charge on any atom is -0.481 e. The fourth-order valence-corrected chi connectivity index (χ4v) is 1.37. The predicted octanol–water partition coefficient (Wildman–Crippen LogP) is 1.77. The van der Waals surface area contributed by atoms with E-state index in [2.05, 4.69) is 0 Å². The quantitative estimate of drug-likeness (QED) is 0.802. The molecule has 0 unspecified atom stereocenters. The number of nitrogens with zero attached hydrogens (tertiary/aromatic N) is 1. The van der Waals surface area contributed by atoms with Crippen molar-refractivity contribution < 1.29 is 14.3 Å². The number of rotatable bonds is 6. The van der Waals surface area contributed by atoms with E-state index in [0.717, 1.165) is 18.5 Å². The van der Waals surface area contributed by atoms with Crippen LogP contribution in [0.3, 0.4) is 0 Å². The van der Waals surface area contributed by atoms with Crippen molar-refractivity contribution in [2.45, 2.75) is 12.8 Å². The van der Waals surface area contributed by atoms with Gasteiger partial charge in [-0.2, -0.15) is 0 Å². The van der Waals surface area contributed by atoms with Gasteiger partial charge in [-0.1, -0.05) is 12.1 Å². The second-order valence-corrected chi connectivity index (χ2v) is 3.82. The van der Waals surface area contributed by atoms with Crippen LogP contribution in [0, 0.1) is 5.82 Å². The molecule has 0 atom stereocenters. The molecule has 0 radical (unpaired) electrons. The number of carboxylic acid groups (broad SMARTS) is 1. The van der Waals surface area contributed by atoms with Crippen molar-refractivity contribution in [1.82, 2.24) is 4.90 Å². The van der Waals surface area contributed by atoms with Crippen LogP contribution in [0.25, 0.3) is 0 Å². The Bertz CT molecular complexity index is 337. The fourth-order valence-electron chi connectivity index (χ4n) is 1.37. The van der Waals surface area contributed by atoms with Crippen LogP contribution in [0.15, 0.2) is 24.3 Å². The van der Waals surface area contributed by atoms with Crippen molar-refractivity contribution in [3.05, 3.63) is 35.6 Å². The van der Waals surface area contributed by atoms with Crippen LogP contribution < -0.4 is 0 Å². The van der Waals surface area contributed by atoms with Crippen LogP contribution in [0.2, 0.25) is 0 Å². The first-order valence-corrected chi connectivity index (χ1v) is 5.22. The van der Waals surface area contributed by atoms with E-state index in [1.165, 1.54) is 12.1 Å². The summed E-state index contributed by atoms with van der Waals surface area (Å²) in [6.07, 6.45) is 0.955. The van der Waals surface area contributed by atoms with Gasteiger partial charge in [0.2, 0.25) is 0 Å². The average molecular weight is 225 g/mol. The molecular weight excluding hydrogens is 209 g/mol. The lowest BCUT2D eigenvalue weighted by Crippen LogP contribution is -2.24. The number of benzene rings is 1. The third kappa shape index (κ3) is 4.89. The lowest BCUT2D eigenvalue weighted by atomic mass is 10.1. The number of likely N-dealkylation sites (N-methyl/N-ethyl adjacent to an activating group) is 1. The first kappa shape index (κ1) is 12.6. The Morgan fingerprint density at radius 1 is 1.31 bits per heavy atom. The summed E-state index contributed by atoms with van der Waals surface area (Å²) in [4.78, 5) is 12.3. The van der Waals surface area contributed by atoms with Gasteiger partial charge in [-0.05, 0) is 31.2 Å². The van der Waals surface area contributed by atoms with Gasteiger partial charge in [0.05, 0.1) is 6.42 Å². The molecule has 0 aliphatic heterocycles. The molecule has 0 heterocycles. The van der Waals surface area contributed by atoms with Crippen LogP contribution in [0.4, 0.5) is 4.39 Å². The molecule has 0 amide bonds. The Morgan fingerprint density at radius 3 is 2.50 bits per heavy atom. The first-order valence-electron chi connectivity index (χ1n) is 5.22. The zero-order valence-electron chi connectivity index (χ0n) is 9.32. The van der Waals surface area contributed by atoms with Crippen LogP contribution >= 0.6 is 0 Å². The van der Waals surface area contributed by atoms with E-state index in [1.54, 1.807) is 12.1 Å². The minimum absolute atomic E-state index is 0.153. The number of aliphatic carboxylic acids is 1. The lowest BCUT2D eigenvalue weighted by molar-refractivity contribution is -0.137. The van der Waals surface area contributed by atoms with Crippen molar-refractivity contribution in [1.29, 1.82) is 0 Å².